The van der Waals surface area contributed by atoms with Gasteiger partial charge < -0.3 is 8.83 Å². The molecule has 0 aliphatic carbocycles. The summed E-state index contributed by atoms with van der Waals surface area (Å²) in [6.07, 6.45) is 0. The number of hydrogen-bond acceptors (Lipinski definition) is 6. The molecule has 6 nitrogen and oxygen atoms in total. The first-order valence-corrected chi connectivity index (χ1v) is 17.7. The highest BCUT2D eigenvalue weighted by molar-refractivity contribution is 6.19. The average molecular weight is 679 g/mol. The fourth-order valence-corrected chi connectivity index (χ4v) is 8.24. The van der Waals surface area contributed by atoms with Crippen LogP contribution in [0.1, 0.15) is 0 Å². The van der Waals surface area contributed by atoms with Crippen LogP contribution in [0.15, 0.2) is 167 Å². The molecule has 11 aromatic rings. The maximum Gasteiger partial charge on any atom is 0.238 e. The van der Waals surface area contributed by atoms with Crippen LogP contribution in [0.2, 0.25) is 0 Å². The minimum atomic E-state index is 0.540. The summed E-state index contributed by atoms with van der Waals surface area (Å²) in [7, 11) is 0. The number of hydrogen-bond donors (Lipinski definition) is 0. The quantitative estimate of drug-likeness (QED) is 0.185. The third-order valence-corrected chi connectivity index (χ3v) is 10.6. The lowest BCUT2D eigenvalue weighted by atomic mass is 9.88. The highest BCUT2D eigenvalue weighted by atomic mass is 16.3. The van der Waals surface area contributed by atoms with Gasteiger partial charge >= 0.3 is 0 Å². The first-order chi connectivity index (χ1) is 26.2. The summed E-state index contributed by atoms with van der Waals surface area (Å²) in [6.45, 7) is 0. The van der Waals surface area contributed by atoms with Crippen LogP contribution in [-0.2, 0) is 0 Å². The van der Waals surface area contributed by atoms with E-state index in [0.29, 0.717) is 17.6 Å². The number of furan rings is 2. The largest absolute Gasteiger partial charge is 0.456 e. The molecule has 0 spiro atoms. The van der Waals surface area contributed by atoms with E-state index >= 15 is 0 Å². The summed E-state index contributed by atoms with van der Waals surface area (Å²) in [4.78, 5) is 18.1. The molecule has 4 heterocycles. The number of para-hydroxylation sites is 2. The molecule has 0 fully saturated rings. The molecule has 0 N–H and O–H groups in total. The maximum absolute atomic E-state index is 6.19. The van der Waals surface area contributed by atoms with Crippen molar-refractivity contribution in [2.75, 3.05) is 4.90 Å². The monoisotopic (exact) mass is 678 g/mol. The zero-order chi connectivity index (χ0) is 34.6. The van der Waals surface area contributed by atoms with E-state index in [1.165, 1.54) is 21.7 Å². The van der Waals surface area contributed by atoms with E-state index in [1.54, 1.807) is 0 Å². The van der Waals surface area contributed by atoms with Crippen molar-refractivity contribution in [2.45, 2.75) is 0 Å². The van der Waals surface area contributed by atoms with Gasteiger partial charge in [-0.05, 0) is 82.4 Å². The Balaban J connectivity index is 1.16. The number of nitrogens with zero attached hydrogens (tertiary/aromatic N) is 4. The van der Waals surface area contributed by atoms with E-state index in [-0.39, 0.29) is 0 Å². The van der Waals surface area contributed by atoms with Gasteiger partial charge in [0.15, 0.2) is 11.6 Å². The van der Waals surface area contributed by atoms with Gasteiger partial charge in [0, 0.05) is 43.6 Å². The van der Waals surface area contributed by atoms with Gasteiger partial charge in [-0.1, -0.05) is 97.1 Å². The van der Waals surface area contributed by atoms with Crippen molar-refractivity contribution in [2.24, 2.45) is 0 Å². The number of anilines is 3. The summed E-state index contributed by atoms with van der Waals surface area (Å²) in [6, 6.07) is 54.6. The molecule has 0 unspecified atom stereocenters. The van der Waals surface area contributed by atoms with Crippen LogP contribution in [0.25, 0.3) is 99.3 Å². The predicted octanol–water partition coefficient (Wildman–Crippen LogP) is 12.8. The maximum atomic E-state index is 6.19. The fraction of sp³-hybridized carbons (Fsp3) is 0. The SMILES string of the molecule is c1ccc2c3c(ccc2c1)N(c1nc(-c2ccc4oc5ccccc5c4c2)nc(-c2ccc4oc5ccccc5c4c2)n1)c1cccc2cccc-3c12. The van der Waals surface area contributed by atoms with Crippen molar-refractivity contribution < 1.29 is 8.83 Å². The Hall–Kier alpha value is -7.31. The van der Waals surface area contributed by atoms with Crippen LogP contribution in [0.4, 0.5) is 17.3 Å². The molecule has 0 atom stereocenters. The second-order valence-corrected chi connectivity index (χ2v) is 13.6. The lowest BCUT2D eigenvalue weighted by molar-refractivity contribution is 0.668. The van der Waals surface area contributed by atoms with Gasteiger partial charge in [-0.25, -0.2) is 4.98 Å². The smallest absolute Gasteiger partial charge is 0.238 e. The fourth-order valence-electron chi connectivity index (χ4n) is 8.24. The van der Waals surface area contributed by atoms with Crippen LogP contribution in [0.5, 0.6) is 0 Å². The van der Waals surface area contributed by atoms with Crippen molar-refractivity contribution in [3.63, 3.8) is 0 Å². The Kier molecular flexibility index (Phi) is 5.68. The Bertz CT molecular complexity index is 3180. The Morgan fingerprint density at radius 2 is 0.962 bits per heavy atom. The van der Waals surface area contributed by atoms with Crippen LogP contribution < -0.4 is 4.90 Å². The van der Waals surface area contributed by atoms with E-state index in [4.69, 9.17) is 23.8 Å². The Morgan fingerprint density at radius 1 is 0.396 bits per heavy atom. The topological polar surface area (TPSA) is 68.2 Å². The summed E-state index contributed by atoms with van der Waals surface area (Å²) >= 11 is 0. The van der Waals surface area contributed by atoms with E-state index in [0.717, 1.165) is 77.3 Å². The van der Waals surface area contributed by atoms with Crippen molar-refractivity contribution in [3.8, 4) is 33.9 Å². The molecule has 1 aliphatic heterocycles. The molecule has 246 valence electrons. The third-order valence-electron chi connectivity index (χ3n) is 10.6. The molecule has 0 bridgehead atoms. The van der Waals surface area contributed by atoms with E-state index in [2.05, 4.69) is 102 Å². The minimum absolute atomic E-state index is 0.540. The summed E-state index contributed by atoms with van der Waals surface area (Å²) in [5.74, 6) is 1.68. The molecule has 0 saturated carbocycles. The molecule has 53 heavy (non-hydrogen) atoms. The van der Waals surface area contributed by atoms with Gasteiger partial charge in [0.1, 0.15) is 22.3 Å². The highest BCUT2D eigenvalue weighted by Crippen LogP contribution is 2.52. The van der Waals surface area contributed by atoms with Gasteiger partial charge in [-0.15, -0.1) is 0 Å². The third kappa shape index (κ3) is 4.11. The molecule has 12 rings (SSSR count). The second-order valence-electron chi connectivity index (χ2n) is 13.6. The number of aromatic nitrogens is 3. The lowest BCUT2D eigenvalue weighted by Crippen LogP contribution is -2.19. The zero-order valence-corrected chi connectivity index (χ0v) is 28.1. The molecular weight excluding hydrogens is 653 g/mol. The highest BCUT2D eigenvalue weighted by Gasteiger charge is 2.30. The van der Waals surface area contributed by atoms with Gasteiger partial charge in [0.25, 0.3) is 0 Å². The molecule has 0 radical (unpaired) electrons. The lowest BCUT2D eigenvalue weighted by Gasteiger charge is -2.32. The van der Waals surface area contributed by atoms with Crippen molar-refractivity contribution in [1.29, 1.82) is 0 Å². The Labute approximate surface area is 302 Å². The zero-order valence-electron chi connectivity index (χ0n) is 28.1. The second kappa shape index (κ2) is 10.6. The van der Waals surface area contributed by atoms with E-state index < -0.39 is 0 Å². The standard InChI is InChI=1S/C47H26N4O2/c1-2-12-31-27(9-1)19-22-38-44(31)34-15-7-10-28-11-8-16-37(43(28)34)51(38)47-49-45(29-20-23-41-35(25-29)32-13-3-5-17-39(32)52-41)48-46(50-47)30-21-24-42-36(26-30)33-14-4-6-18-40(33)53-42/h1-26H. The minimum Gasteiger partial charge on any atom is -0.456 e. The molecular formula is C47H26N4O2. The van der Waals surface area contributed by atoms with Gasteiger partial charge in [0.05, 0.1) is 11.4 Å². The first-order valence-electron chi connectivity index (χ1n) is 17.7. The summed E-state index contributed by atoms with van der Waals surface area (Å²) in [5, 5.41) is 8.82. The van der Waals surface area contributed by atoms with Gasteiger partial charge in [0.2, 0.25) is 5.95 Å². The Morgan fingerprint density at radius 3 is 1.64 bits per heavy atom. The number of rotatable bonds is 3. The van der Waals surface area contributed by atoms with Gasteiger partial charge in [-0.2, -0.15) is 9.97 Å². The number of benzene rings is 8. The predicted molar refractivity (Wildman–Crippen MR) is 214 cm³/mol. The molecule has 0 amide bonds. The van der Waals surface area contributed by atoms with E-state index in [9.17, 15) is 0 Å². The molecule has 0 saturated heterocycles. The van der Waals surface area contributed by atoms with Crippen LogP contribution in [0, 0.1) is 0 Å². The number of fused-ring (bicyclic) bond motifs is 10. The van der Waals surface area contributed by atoms with Crippen LogP contribution in [-0.4, -0.2) is 15.0 Å². The van der Waals surface area contributed by atoms with E-state index in [1.807, 2.05) is 60.7 Å². The van der Waals surface area contributed by atoms with Crippen LogP contribution in [0.3, 0.4) is 0 Å². The van der Waals surface area contributed by atoms with Crippen molar-refractivity contribution in [3.05, 3.63) is 158 Å². The van der Waals surface area contributed by atoms with Crippen LogP contribution >= 0.6 is 0 Å². The summed E-state index contributed by atoms with van der Waals surface area (Å²) in [5.41, 5.74) is 9.49. The molecule has 8 aromatic carbocycles. The average Bonchev–Trinajstić information content (AvgIpc) is 3.78. The summed E-state index contributed by atoms with van der Waals surface area (Å²) < 4.78 is 12.4. The normalized spacial score (nSPS) is 12.5. The first kappa shape index (κ1) is 28.4. The van der Waals surface area contributed by atoms with Crippen molar-refractivity contribution >= 4 is 82.7 Å². The molecule has 1 aliphatic rings. The van der Waals surface area contributed by atoms with Gasteiger partial charge in [-0.3, -0.25) is 4.90 Å². The molecule has 3 aromatic heterocycles. The van der Waals surface area contributed by atoms with Crippen molar-refractivity contribution in [1.82, 2.24) is 15.0 Å². The molecule has 6 heteroatoms.